The van der Waals surface area contributed by atoms with E-state index in [2.05, 4.69) is 38.1 Å². The Morgan fingerprint density at radius 1 is 1.35 bits per heavy atom. The Hall–Kier alpha value is -1.31. The third-order valence-corrected chi connectivity index (χ3v) is 5.00. The Morgan fingerprint density at radius 3 is 2.76 bits per heavy atom. The van der Waals surface area contributed by atoms with Gasteiger partial charge in [-0.25, -0.2) is 0 Å². The standard InChI is InChI=1S/C15H18O2/c1-14(2)12(13(16)17-3)15(14)9-8-10-6-4-5-7-11(10)15/h4-7,12H,8-9H2,1-3H3/t12?,15-/m0/s1. The molecule has 0 N–H and O–H groups in total. The zero-order valence-electron chi connectivity index (χ0n) is 10.6. The first-order chi connectivity index (χ1) is 8.05. The minimum absolute atomic E-state index is 0.0312. The lowest BCUT2D eigenvalue weighted by molar-refractivity contribution is -0.143. The molecule has 2 atom stereocenters. The maximum Gasteiger partial charge on any atom is 0.310 e. The van der Waals surface area contributed by atoms with Crippen molar-refractivity contribution in [3.63, 3.8) is 0 Å². The molecule has 0 saturated heterocycles. The highest BCUT2D eigenvalue weighted by Gasteiger charge is 2.76. The van der Waals surface area contributed by atoms with E-state index in [9.17, 15) is 4.79 Å². The van der Waals surface area contributed by atoms with Gasteiger partial charge in [-0.2, -0.15) is 0 Å². The summed E-state index contributed by atoms with van der Waals surface area (Å²) in [6.45, 7) is 4.38. The van der Waals surface area contributed by atoms with Gasteiger partial charge in [-0.1, -0.05) is 38.1 Å². The number of fused-ring (bicyclic) bond motifs is 2. The Labute approximate surface area is 102 Å². The van der Waals surface area contributed by atoms with Crippen LogP contribution in [0.3, 0.4) is 0 Å². The summed E-state index contributed by atoms with van der Waals surface area (Å²) in [5.41, 5.74) is 2.86. The maximum absolute atomic E-state index is 11.9. The molecule has 1 aromatic rings. The highest BCUT2D eigenvalue weighted by Crippen LogP contribution is 2.74. The first-order valence-electron chi connectivity index (χ1n) is 6.22. The maximum atomic E-state index is 11.9. The highest BCUT2D eigenvalue weighted by molar-refractivity contribution is 5.82. The van der Waals surface area contributed by atoms with Crippen LogP contribution in [0.2, 0.25) is 0 Å². The largest absolute Gasteiger partial charge is 0.469 e. The lowest BCUT2D eigenvalue weighted by Crippen LogP contribution is -2.13. The molecule has 0 aliphatic heterocycles. The van der Waals surface area contributed by atoms with Crippen molar-refractivity contribution < 1.29 is 9.53 Å². The first kappa shape index (κ1) is 10.8. The summed E-state index contributed by atoms with van der Waals surface area (Å²) in [5, 5.41) is 0. The minimum Gasteiger partial charge on any atom is -0.469 e. The van der Waals surface area contributed by atoms with Gasteiger partial charge in [-0.3, -0.25) is 4.79 Å². The summed E-state index contributed by atoms with van der Waals surface area (Å²) < 4.78 is 4.97. The number of hydrogen-bond donors (Lipinski definition) is 0. The lowest BCUT2D eigenvalue weighted by atomic mass is 9.89. The number of carbonyl (C=O) groups is 1. The Morgan fingerprint density at radius 2 is 2.06 bits per heavy atom. The van der Waals surface area contributed by atoms with E-state index in [1.165, 1.54) is 18.2 Å². The monoisotopic (exact) mass is 230 g/mol. The average molecular weight is 230 g/mol. The lowest BCUT2D eigenvalue weighted by Gasteiger charge is -2.14. The molecule has 0 amide bonds. The molecule has 2 aliphatic carbocycles. The number of ether oxygens (including phenoxy) is 1. The van der Waals surface area contributed by atoms with Gasteiger partial charge in [0.2, 0.25) is 0 Å². The summed E-state index contributed by atoms with van der Waals surface area (Å²) in [6.07, 6.45) is 2.17. The second kappa shape index (κ2) is 3.12. The second-order valence-electron chi connectivity index (χ2n) is 5.81. The summed E-state index contributed by atoms with van der Waals surface area (Å²) in [5.74, 6) is -0.0182. The van der Waals surface area contributed by atoms with Crippen LogP contribution in [0.4, 0.5) is 0 Å². The first-order valence-corrected chi connectivity index (χ1v) is 6.22. The number of aryl methyl sites for hydroxylation is 1. The van der Waals surface area contributed by atoms with Gasteiger partial charge in [-0.05, 0) is 29.4 Å². The van der Waals surface area contributed by atoms with E-state index in [1.807, 2.05) is 0 Å². The zero-order chi connectivity index (χ0) is 12.3. The van der Waals surface area contributed by atoms with E-state index in [1.54, 1.807) is 0 Å². The van der Waals surface area contributed by atoms with Crippen LogP contribution in [0, 0.1) is 11.3 Å². The molecule has 1 unspecified atom stereocenters. The summed E-state index contributed by atoms with van der Waals surface area (Å²) in [4.78, 5) is 11.9. The average Bonchev–Trinajstić information content (AvgIpc) is 2.65. The number of methoxy groups -OCH3 is 1. The Bertz CT molecular complexity index is 489. The summed E-state index contributed by atoms with van der Waals surface area (Å²) >= 11 is 0. The van der Waals surface area contributed by atoms with Crippen LogP contribution in [-0.2, 0) is 21.4 Å². The Balaban J connectivity index is 2.09. The molecule has 1 aromatic carbocycles. The smallest absolute Gasteiger partial charge is 0.310 e. The van der Waals surface area contributed by atoms with Crippen molar-refractivity contribution in [3.05, 3.63) is 35.4 Å². The van der Waals surface area contributed by atoms with Crippen LogP contribution in [0.5, 0.6) is 0 Å². The van der Waals surface area contributed by atoms with Crippen molar-refractivity contribution in [2.45, 2.75) is 32.1 Å². The number of esters is 1. The molecule has 2 heteroatoms. The van der Waals surface area contributed by atoms with Crippen molar-refractivity contribution in [2.75, 3.05) is 7.11 Å². The molecule has 0 heterocycles. The van der Waals surface area contributed by atoms with E-state index in [-0.39, 0.29) is 22.7 Å². The van der Waals surface area contributed by atoms with E-state index in [4.69, 9.17) is 4.74 Å². The molecular weight excluding hydrogens is 212 g/mol. The summed E-state index contributed by atoms with van der Waals surface area (Å²) in [6, 6.07) is 8.54. The Kier molecular flexibility index (Phi) is 1.99. The van der Waals surface area contributed by atoms with Crippen LogP contribution in [0.15, 0.2) is 24.3 Å². The number of carbonyl (C=O) groups excluding carboxylic acids is 1. The van der Waals surface area contributed by atoms with E-state index in [0.717, 1.165) is 12.8 Å². The molecule has 0 aromatic heterocycles. The molecule has 1 saturated carbocycles. The number of benzene rings is 1. The van der Waals surface area contributed by atoms with Gasteiger partial charge in [0.15, 0.2) is 0 Å². The van der Waals surface area contributed by atoms with Crippen LogP contribution < -0.4 is 0 Å². The molecule has 17 heavy (non-hydrogen) atoms. The molecule has 2 aliphatic rings. The SMILES string of the molecule is COC(=O)C1C(C)(C)[C@]12CCc1ccccc12. The topological polar surface area (TPSA) is 26.3 Å². The number of hydrogen-bond acceptors (Lipinski definition) is 2. The minimum atomic E-state index is -0.0493. The van der Waals surface area contributed by atoms with Crippen molar-refractivity contribution in [1.82, 2.24) is 0 Å². The summed E-state index contributed by atoms with van der Waals surface area (Å²) in [7, 11) is 1.49. The molecule has 2 nitrogen and oxygen atoms in total. The van der Waals surface area contributed by atoms with Crippen molar-refractivity contribution in [3.8, 4) is 0 Å². The normalized spacial score (nSPS) is 32.3. The molecule has 1 spiro atoms. The quantitative estimate of drug-likeness (QED) is 0.693. The second-order valence-corrected chi connectivity index (χ2v) is 5.81. The van der Waals surface area contributed by atoms with Gasteiger partial charge in [0.1, 0.15) is 0 Å². The van der Waals surface area contributed by atoms with Crippen molar-refractivity contribution in [2.24, 2.45) is 11.3 Å². The molecule has 3 rings (SSSR count). The fourth-order valence-corrected chi connectivity index (χ4v) is 4.08. The predicted molar refractivity (Wildman–Crippen MR) is 65.7 cm³/mol. The molecular formula is C15H18O2. The van der Waals surface area contributed by atoms with Gasteiger partial charge in [0.25, 0.3) is 0 Å². The fourth-order valence-electron chi connectivity index (χ4n) is 4.08. The van der Waals surface area contributed by atoms with E-state index < -0.39 is 0 Å². The third-order valence-electron chi connectivity index (χ3n) is 5.00. The van der Waals surface area contributed by atoms with Gasteiger partial charge in [0.05, 0.1) is 13.0 Å². The van der Waals surface area contributed by atoms with Gasteiger partial charge >= 0.3 is 5.97 Å². The van der Waals surface area contributed by atoms with Crippen LogP contribution >= 0.6 is 0 Å². The van der Waals surface area contributed by atoms with Crippen LogP contribution in [0.25, 0.3) is 0 Å². The fraction of sp³-hybridized carbons (Fsp3) is 0.533. The predicted octanol–water partition coefficient (Wildman–Crippen LogP) is 2.70. The van der Waals surface area contributed by atoms with E-state index >= 15 is 0 Å². The molecule has 0 radical (unpaired) electrons. The number of rotatable bonds is 1. The van der Waals surface area contributed by atoms with Crippen molar-refractivity contribution in [1.29, 1.82) is 0 Å². The molecule has 0 bridgehead atoms. The van der Waals surface area contributed by atoms with Gasteiger partial charge < -0.3 is 4.74 Å². The molecule has 1 fully saturated rings. The van der Waals surface area contributed by atoms with Gasteiger partial charge in [0, 0.05) is 5.41 Å². The zero-order valence-corrected chi connectivity index (χ0v) is 10.6. The molecule has 90 valence electrons. The van der Waals surface area contributed by atoms with Crippen LogP contribution in [-0.4, -0.2) is 13.1 Å². The van der Waals surface area contributed by atoms with Gasteiger partial charge in [-0.15, -0.1) is 0 Å². The highest BCUT2D eigenvalue weighted by atomic mass is 16.5. The third kappa shape index (κ3) is 1.09. The van der Waals surface area contributed by atoms with Crippen LogP contribution in [0.1, 0.15) is 31.4 Å². The van der Waals surface area contributed by atoms with E-state index in [0.29, 0.717) is 0 Å². The van der Waals surface area contributed by atoms with Crippen molar-refractivity contribution >= 4 is 5.97 Å².